The number of hydrogen-bond acceptors (Lipinski definition) is 11. The molecule has 1 fully saturated rings. The Hall–Kier alpha value is -4.33. The summed E-state index contributed by atoms with van der Waals surface area (Å²) in [6, 6.07) is 6.75. The van der Waals surface area contributed by atoms with Crippen molar-refractivity contribution in [1.29, 1.82) is 10.5 Å². The smallest absolute Gasteiger partial charge is 0.407 e. The maximum absolute atomic E-state index is 11.6. The molecular formula is C23H27ClN10O3. The molecule has 0 bridgehead atoms. The van der Waals surface area contributed by atoms with E-state index in [0.717, 1.165) is 0 Å². The van der Waals surface area contributed by atoms with Crippen LogP contribution in [0.1, 0.15) is 18.9 Å². The number of piperidine rings is 1. The van der Waals surface area contributed by atoms with Gasteiger partial charge in [-0.1, -0.05) is 18.2 Å². The minimum atomic E-state index is -0.890. The molecule has 1 amide bonds. The number of allylic oxidation sites excluding steroid dienone is 1. The van der Waals surface area contributed by atoms with Crippen LogP contribution >= 0.6 is 11.6 Å². The lowest BCUT2D eigenvalue weighted by atomic mass is 10.0. The van der Waals surface area contributed by atoms with Crippen molar-refractivity contribution in [2.45, 2.75) is 25.5 Å². The van der Waals surface area contributed by atoms with Crippen LogP contribution in [0.4, 0.5) is 27.9 Å². The zero-order valence-corrected chi connectivity index (χ0v) is 21.4. The number of aliphatic hydroxyl groups excluding tert-OH is 1. The van der Waals surface area contributed by atoms with Gasteiger partial charge in [-0.2, -0.15) is 20.2 Å². The Kier molecular flexibility index (Phi) is 8.90. The Bertz CT molecular complexity index is 1340. The molecule has 0 saturated carbocycles. The van der Waals surface area contributed by atoms with Crippen molar-refractivity contribution in [3.05, 3.63) is 34.8 Å². The summed E-state index contributed by atoms with van der Waals surface area (Å²) < 4.78 is 5.87. The summed E-state index contributed by atoms with van der Waals surface area (Å²) in [5, 5.41) is 43.0. The van der Waals surface area contributed by atoms with Gasteiger partial charge in [0, 0.05) is 26.7 Å². The largest absolute Gasteiger partial charge is 0.453 e. The molecule has 14 heteroatoms. The highest BCUT2D eigenvalue weighted by Crippen LogP contribution is 2.37. The number of halogens is 1. The van der Waals surface area contributed by atoms with E-state index in [-0.39, 0.29) is 23.2 Å². The standard InChI is InChI=1S/C23H27ClN10O3/c1-5-28-20-21(27-3)34(13(2)10-25)32-22(31-20)29-16-8-14(11-26)9-17(19(16)24)33-7-6-15(18(35)12-33)30-23(36)37-4/h8-9,15,18,35H,2,5-7,12H2,1,3-4H3,(H,30,36)(H2,28,29,31,32)/b27-21-/t15-,18-/m1/s1. The number of carbonyl (C=O) groups excluding carboxylic acids is 1. The molecule has 1 aromatic heterocycles. The summed E-state index contributed by atoms with van der Waals surface area (Å²) in [6.07, 6.45) is -1.08. The number of carbonyl (C=O) groups is 1. The van der Waals surface area contributed by atoms with Crippen molar-refractivity contribution < 1.29 is 14.6 Å². The molecule has 37 heavy (non-hydrogen) atoms. The Morgan fingerprint density at radius 3 is 2.78 bits per heavy atom. The van der Waals surface area contributed by atoms with Crippen molar-refractivity contribution in [3.63, 3.8) is 0 Å². The van der Waals surface area contributed by atoms with Crippen molar-refractivity contribution in [1.82, 2.24) is 20.1 Å². The third-order valence-electron chi connectivity index (χ3n) is 5.61. The number of ether oxygens (including phenoxy) is 1. The van der Waals surface area contributed by atoms with E-state index >= 15 is 0 Å². The number of β-amino-alcohol motifs (C(OH)–C–C–N with tert-alkyl or cyclic N) is 1. The molecule has 0 aliphatic carbocycles. The van der Waals surface area contributed by atoms with Gasteiger partial charge in [-0.05, 0) is 25.5 Å². The normalized spacial score (nSPS) is 17.4. The fraction of sp³-hybridized carbons (Fsp3) is 0.391. The molecule has 1 aromatic carbocycles. The number of hydrogen-bond donors (Lipinski definition) is 4. The fourth-order valence-electron chi connectivity index (χ4n) is 3.84. The average molecular weight is 527 g/mol. The minimum Gasteiger partial charge on any atom is -0.453 e. The van der Waals surface area contributed by atoms with E-state index in [4.69, 9.17) is 11.6 Å². The summed E-state index contributed by atoms with van der Waals surface area (Å²) >= 11 is 6.75. The molecule has 194 valence electrons. The monoisotopic (exact) mass is 526 g/mol. The van der Waals surface area contributed by atoms with Crippen molar-refractivity contribution in [2.75, 3.05) is 49.3 Å². The molecule has 2 heterocycles. The van der Waals surface area contributed by atoms with Gasteiger partial charge in [-0.25, -0.2) is 4.79 Å². The van der Waals surface area contributed by atoms with Crippen LogP contribution < -0.4 is 26.3 Å². The van der Waals surface area contributed by atoms with Gasteiger partial charge in [0.1, 0.15) is 11.8 Å². The Labute approximate surface area is 218 Å². The summed E-state index contributed by atoms with van der Waals surface area (Å²) in [5.74, 6) is 0.457. The lowest BCUT2D eigenvalue weighted by molar-refractivity contribution is 0.103. The van der Waals surface area contributed by atoms with Crippen LogP contribution in [0, 0.1) is 22.7 Å². The number of rotatable bonds is 7. The summed E-state index contributed by atoms with van der Waals surface area (Å²) in [7, 11) is 2.80. The summed E-state index contributed by atoms with van der Waals surface area (Å²) in [6.45, 7) is 6.76. The molecule has 4 N–H and O–H groups in total. The van der Waals surface area contributed by atoms with Crippen LogP contribution in [0.3, 0.4) is 0 Å². The molecule has 3 rings (SSSR count). The third-order valence-corrected chi connectivity index (χ3v) is 6.00. The number of nitrogens with one attached hydrogen (secondary N) is 3. The topological polar surface area (TPSA) is 177 Å². The first-order chi connectivity index (χ1) is 17.8. The molecule has 0 radical (unpaired) electrons. The Morgan fingerprint density at radius 2 is 2.19 bits per heavy atom. The number of benzene rings is 1. The number of amides is 1. The van der Waals surface area contributed by atoms with Gasteiger partial charge < -0.3 is 30.7 Å². The van der Waals surface area contributed by atoms with Gasteiger partial charge in [0.15, 0.2) is 11.3 Å². The number of nitriles is 2. The Morgan fingerprint density at radius 1 is 1.43 bits per heavy atom. The SMILES string of the molecule is C=C(C#N)n1nc(Nc2cc(C#N)cc(N3CC[C@@H](NC(=O)OC)[C@H](O)C3)c2Cl)nc(NCC)/c1=N/C. The predicted octanol–water partition coefficient (Wildman–Crippen LogP) is 1.80. The van der Waals surface area contributed by atoms with Crippen LogP contribution in [0.15, 0.2) is 23.7 Å². The van der Waals surface area contributed by atoms with E-state index in [1.54, 1.807) is 19.2 Å². The molecule has 13 nitrogen and oxygen atoms in total. The van der Waals surface area contributed by atoms with Crippen molar-refractivity contribution in [2.24, 2.45) is 4.99 Å². The van der Waals surface area contributed by atoms with E-state index in [1.807, 2.05) is 17.9 Å². The molecule has 2 atom stereocenters. The van der Waals surface area contributed by atoms with Gasteiger partial charge in [-0.15, -0.1) is 5.10 Å². The van der Waals surface area contributed by atoms with Gasteiger partial charge in [0.05, 0.1) is 47.3 Å². The number of alkyl carbamates (subject to hydrolysis) is 1. The minimum absolute atomic E-state index is 0.0280. The highest BCUT2D eigenvalue weighted by molar-refractivity contribution is 6.36. The lowest BCUT2D eigenvalue weighted by Crippen LogP contribution is -2.54. The zero-order valence-electron chi connectivity index (χ0n) is 20.6. The first kappa shape index (κ1) is 27.3. The van der Waals surface area contributed by atoms with E-state index < -0.39 is 18.2 Å². The first-order valence-electron chi connectivity index (χ1n) is 11.3. The number of aromatic nitrogens is 3. The van der Waals surface area contributed by atoms with Crippen LogP contribution in [0.5, 0.6) is 0 Å². The van der Waals surface area contributed by atoms with Gasteiger partial charge in [0.25, 0.3) is 0 Å². The zero-order chi connectivity index (χ0) is 27.1. The molecular weight excluding hydrogens is 500 g/mol. The molecule has 0 spiro atoms. The second-order valence-electron chi connectivity index (χ2n) is 7.97. The number of anilines is 4. The van der Waals surface area contributed by atoms with Crippen LogP contribution in [-0.4, -0.2) is 71.9 Å². The molecule has 1 saturated heterocycles. The van der Waals surface area contributed by atoms with Gasteiger partial charge in [-0.3, -0.25) is 4.99 Å². The van der Waals surface area contributed by atoms with Crippen LogP contribution in [0.25, 0.3) is 5.70 Å². The van der Waals surface area contributed by atoms with E-state index in [0.29, 0.717) is 47.8 Å². The quantitative estimate of drug-likeness (QED) is 0.389. The van der Waals surface area contributed by atoms with Crippen LogP contribution in [-0.2, 0) is 4.74 Å². The first-order valence-corrected chi connectivity index (χ1v) is 11.7. The molecule has 1 aliphatic rings. The Balaban J connectivity index is 1.99. The van der Waals surface area contributed by atoms with E-state index in [1.165, 1.54) is 11.8 Å². The van der Waals surface area contributed by atoms with Gasteiger partial charge in [0.2, 0.25) is 5.95 Å². The van der Waals surface area contributed by atoms with Crippen molar-refractivity contribution >= 4 is 46.5 Å². The number of nitrogens with zero attached hydrogens (tertiary/aromatic N) is 7. The summed E-state index contributed by atoms with van der Waals surface area (Å²) in [4.78, 5) is 22.0. The highest BCUT2D eigenvalue weighted by Gasteiger charge is 2.31. The van der Waals surface area contributed by atoms with E-state index in [9.17, 15) is 20.4 Å². The van der Waals surface area contributed by atoms with Gasteiger partial charge >= 0.3 is 6.09 Å². The highest BCUT2D eigenvalue weighted by atomic mass is 35.5. The third kappa shape index (κ3) is 6.09. The maximum Gasteiger partial charge on any atom is 0.407 e. The lowest BCUT2D eigenvalue weighted by Gasteiger charge is -2.38. The van der Waals surface area contributed by atoms with E-state index in [2.05, 4.69) is 48.4 Å². The second kappa shape index (κ2) is 12.1. The summed E-state index contributed by atoms with van der Waals surface area (Å²) in [5.41, 5.74) is 1.51. The van der Waals surface area contributed by atoms with Crippen LogP contribution in [0.2, 0.25) is 5.02 Å². The number of methoxy groups -OCH3 is 1. The average Bonchev–Trinajstić information content (AvgIpc) is 2.90. The maximum atomic E-state index is 11.6. The predicted molar refractivity (Wildman–Crippen MR) is 138 cm³/mol. The molecule has 2 aromatic rings. The fourth-order valence-corrected chi connectivity index (χ4v) is 4.12. The van der Waals surface area contributed by atoms with Crippen molar-refractivity contribution in [3.8, 4) is 12.1 Å². The molecule has 1 aliphatic heterocycles. The molecule has 0 unspecified atom stereocenters. The number of aliphatic hydroxyl groups is 1. The second-order valence-corrected chi connectivity index (χ2v) is 8.35.